The van der Waals surface area contributed by atoms with Crippen molar-refractivity contribution >= 4 is 39.5 Å². The van der Waals surface area contributed by atoms with Crippen molar-refractivity contribution in [3.8, 4) is 5.75 Å². The van der Waals surface area contributed by atoms with Crippen LogP contribution in [0.25, 0.3) is 0 Å². The second-order valence-electron chi connectivity index (χ2n) is 6.96. The molecule has 2 rings (SSSR count). The number of hydrogen-bond acceptors (Lipinski definition) is 4. The second kappa shape index (κ2) is 12.6. The Morgan fingerprint density at radius 2 is 1.73 bits per heavy atom. The summed E-state index contributed by atoms with van der Waals surface area (Å²) in [4.78, 5) is 27.2. The van der Waals surface area contributed by atoms with Gasteiger partial charge in [0.2, 0.25) is 11.8 Å². The average Bonchev–Trinajstić information content (AvgIpc) is 2.76. The number of methoxy groups -OCH3 is 1. The van der Waals surface area contributed by atoms with Crippen LogP contribution in [-0.2, 0) is 21.9 Å². The Morgan fingerprint density at radius 3 is 2.33 bits per heavy atom. The minimum Gasteiger partial charge on any atom is -0.497 e. The minimum absolute atomic E-state index is 0.0458. The molecular weight excluding hydrogens is 464 g/mol. The SMILES string of the molecule is CCCNC(=O)[C@H](C)N(Cc1ccc(Br)cc1)C(=O)CSCc1ccc(OC)cc1. The van der Waals surface area contributed by atoms with Crippen molar-refractivity contribution in [2.24, 2.45) is 0 Å². The van der Waals surface area contributed by atoms with Crippen molar-refractivity contribution in [3.63, 3.8) is 0 Å². The van der Waals surface area contributed by atoms with Crippen LogP contribution in [0.4, 0.5) is 0 Å². The molecule has 0 aliphatic heterocycles. The highest BCUT2D eigenvalue weighted by atomic mass is 79.9. The highest BCUT2D eigenvalue weighted by molar-refractivity contribution is 9.10. The Balaban J connectivity index is 2.02. The highest BCUT2D eigenvalue weighted by Gasteiger charge is 2.25. The standard InChI is InChI=1S/C23H29BrN2O3S/c1-4-13-25-23(28)17(2)26(14-18-5-9-20(24)10-6-18)22(27)16-30-15-19-7-11-21(29-3)12-8-19/h5-12,17H,4,13-16H2,1-3H3,(H,25,28)/t17-/m0/s1. The molecule has 30 heavy (non-hydrogen) atoms. The number of amides is 2. The molecule has 2 aromatic rings. The largest absolute Gasteiger partial charge is 0.497 e. The summed E-state index contributed by atoms with van der Waals surface area (Å²) in [7, 11) is 1.64. The molecule has 0 saturated heterocycles. The molecule has 0 unspecified atom stereocenters. The fourth-order valence-corrected chi connectivity index (χ4v) is 3.96. The van der Waals surface area contributed by atoms with Crippen LogP contribution in [0.3, 0.4) is 0 Å². The zero-order chi connectivity index (χ0) is 21.9. The summed E-state index contributed by atoms with van der Waals surface area (Å²) < 4.78 is 6.16. The zero-order valence-electron chi connectivity index (χ0n) is 17.7. The van der Waals surface area contributed by atoms with E-state index in [9.17, 15) is 9.59 Å². The number of rotatable bonds is 11. The van der Waals surface area contributed by atoms with E-state index in [4.69, 9.17) is 4.74 Å². The van der Waals surface area contributed by atoms with Gasteiger partial charge in [0.05, 0.1) is 12.9 Å². The minimum atomic E-state index is -0.533. The number of halogens is 1. The lowest BCUT2D eigenvalue weighted by Crippen LogP contribution is -2.48. The first kappa shape index (κ1) is 24.3. The number of nitrogens with zero attached hydrogens (tertiary/aromatic N) is 1. The first-order valence-corrected chi connectivity index (χ1v) is 11.9. The normalized spacial score (nSPS) is 11.6. The Morgan fingerprint density at radius 1 is 1.10 bits per heavy atom. The van der Waals surface area contributed by atoms with E-state index in [1.54, 1.807) is 30.7 Å². The van der Waals surface area contributed by atoms with Gasteiger partial charge in [-0.25, -0.2) is 0 Å². The molecule has 0 aromatic heterocycles. The Kier molecular flexibility index (Phi) is 10.2. The van der Waals surface area contributed by atoms with Gasteiger partial charge in [0.1, 0.15) is 11.8 Å². The fraction of sp³-hybridized carbons (Fsp3) is 0.391. The third kappa shape index (κ3) is 7.69. The molecule has 0 aliphatic carbocycles. The van der Waals surface area contributed by atoms with E-state index in [-0.39, 0.29) is 11.8 Å². The number of carbonyl (C=O) groups excluding carboxylic acids is 2. The van der Waals surface area contributed by atoms with Gasteiger partial charge in [-0.05, 0) is 48.7 Å². The van der Waals surface area contributed by atoms with Gasteiger partial charge in [-0.1, -0.05) is 47.1 Å². The maximum absolute atomic E-state index is 13.0. The summed E-state index contributed by atoms with van der Waals surface area (Å²) in [6.45, 7) is 4.80. The molecule has 0 fully saturated rings. The average molecular weight is 493 g/mol. The first-order chi connectivity index (χ1) is 14.4. The molecule has 2 aromatic carbocycles. The Labute approximate surface area is 191 Å². The molecule has 1 N–H and O–H groups in total. The number of carbonyl (C=O) groups is 2. The Bertz CT molecular complexity index is 812. The molecule has 0 saturated carbocycles. The first-order valence-electron chi connectivity index (χ1n) is 9.97. The lowest BCUT2D eigenvalue weighted by molar-refractivity contribution is -0.138. The van der Waals surface area contributed by atoms with Crippen molar-refractivity contribution in [1.82, 2.24) is 10.2 Å². The number of ether oxygens (including phenoxy) is 1. The van der Waals surface area contributed by atoms with Crippen LogP contribution in [0.15, 0.2) is 53.0 Å². The van der Waals surface area contributed by atoms with Crippen molar-refractivity contribution in [2.75, 3.05) is 19.4 Å². The van der Waals surface area contributed by atoms with Crippen molar-refractivity contribution in [1.29, 1.82) is 0 Å². The van der Waals surface area contributed by atoms with E-state index in [0.29, 0.717) is 18.8 Å². The van der Waals surface area contributed by atoms with Crippen LogP contribution in [0, 0.1) is 0 Å². The Hall–Kier alpha value is -1.99. The van der Waals surface area contributed by atoms with Crippen LogP contribution in [0.1, 0.15) is 31.4 Å². The summed E-state index contributed by atoms with van der Waals surface area (Å²) in [6, 6.07) is 15.1. The van der Waals surface area contributed by atoms with Crippen LogP contribution < -0.4 is 10.1 Å². The zero-order valence-corrected chi connectivity index (χ0v) is 20.1. The summed E-state index contributed by atoms with van der Waals surface area (Å²) in [5, 5.41) is 2.90. The van der Waals surface area contributed by atoms with Crippen molar-refractivity contribution in [3.05, 3.63) is 64.1 Å². The van der Waals surface area contributed by atoms with Crippen molar-refractivity contribution < 1.29 is 14.3 Å². The van der Waals surface area contributed by atoms with E-state index < -0.39 is 6.04 Å². The van der Waals surface area contributed by atoms with Gasteiger partial charge in [0, 0.05) is 23.3 Å². The maximum atomic E-state index is 13.0. The van der Waals surface area contributed by atoms with Crippen LogP contribution in [-0.4, -0.2) is 42.2 Å². The number of nitrogens with one attached hydrogen (secondary N) is 1. The number of hydrogen-bond donors (Lipinski definition) is 1. The molecule has 162 valence electrons. The summed E-state index contributed by atoms with van der Waals surface area (Å²) in [5.74, 6) is 1.68. The topological polar surface area (TPSA) is 58.6 Å². The smallest absolute Gasteiger partial charge is 0.242 e. The quantitative estimate of drug-likeness (QED) is 0.496. The third-order valence-electron chi connectivity index (χ3n) is 4.64. The van der Waals surface area contributed by atoms with E-state index in [1.165, 1.54) is 0 Å². The van der Waals surface area contributed by atoms with Gasteiger partial charge >= 0.3 is 0 Å². The van der Waals surface area contributed by atoms with Crippen molar-refractivity contribution in [2.45, 2.75) is 38.6 Å². The predicted molar refractivity (Wildman–Crippen MR) is 127 cm³/mol. The van der Waals surface area contributed by atoms with E-state index in [1.807, 2.05) is 55.5 Å². The number of benzene rings is 2. The highest BCUT2D eigenvalue weighted by Crippen LogP contribution is 2.19. The lowest BCUT2D eigenvalue weighted by Gasteiger charge is -2.28. The molecule has 7 heteroatoms. The molecule has 0 radical (unpaired) electrons. The monoisotopic (exact) mass is 492 g/mol. The molecule has 0 bridgehead atoms. The van der Waals surface area contributed by atoms with Gasteiger partial charge in [-0.3, -0.25) is 9.59 Å². The molecule has 0 aliphatic rings. The second-order valence-corrected chi connectivity index (χ2v) is 8.86. The van der Waals surface area contributed by atoms with Crippen LogP contribution >= 0.6 is 27.7 Å². The van der Waals surface area contributed by atoms with Gasteiger partial charge in [-0.2, -0.15) is 0 Å². The number of thioether (sulfide) groups is 1. The molecule has 2 amide bonds. The summed E-state index contributed by atoms with van der Waals surface area (Å²) in [6.07, 6.45) is 0.858. The fourth-order valence-electron chi connectivity index (χ4n) is 2.83. The molecular formula is C23H29BrN2O3S. The predicted octanol–water partition coefficient (Wildman–Crippen LogP) is 4.63. The third-order valence-corrected chi connectivity index (χ3v) is 6.15. The summed E-state index contributed by atoms with van der Waals surface area (Å²) in [5.41, 5.74) is 2.11. The van der Waals surface area contributed by atoms with Crippen LogP contribution in [0.5, 0.6) is 5.75 Å². The lowest BCUT2D eigenvalue weighted by atomic mass is 10.1. The summed E-state index contributed by atoms with van der Waals surface area (Å²) >= 11 is 4.98. The van der Waals surface area contributed by atoms with E-state index >= 15 is 0 Å². The molecule has 0 spiro atoms. The molecule has 1 atom stereocenters. The van der Waals surface area contributed by atoms with Gasteiger partial charge in [0.15, 0.2) is 0 Å². The van der Waals surface area contributed by atoms with Gasteiger partial charge in [-0.15, -0.1) is 11.8 Å². The van der Waals surface area contributed by atoms with Gasteiger partial charge < -0.3 is 15.0 Å². The van der Waals surface area contributed by atoms with Crippen LogP contribution in [0.2, 0.25) is 0 Å². The molecule has 5 nitrogen and oxygen atoms in total. The van der Waals surface area contributed by atoms with E-state index in [0.717, 1.165) is 33.5 Å². The maximum Gasteiger partial charge on any atom is 0.242 e. The van der Waals surface area contributed by atoms with E-state index in [2.05, 4.69) is 21.2 Å². The molecule has 0 heterocycles. The van der Waals surface area contributed by atoms with Gasteiger partial charge in [0.25, 0.3) is 0 Å².